The van der Waals surface area contributed by atoms with E-state index in [1.165, 1.54) is 0 Å². The highest BCUT2D eigenvalue weighted by atomic mass is 19.3. The number of rotatable bonds is 3. The second-order valence-corrected chi connectivity index (χ2v) is 2.68. The fourth-order valence-electron chi connectivity index (χ4n) is 1.18. The molecule has 0 aliphatic rings. The highest BCUT2D eigenvalue weighted by Gasteiger charge is 2.31. The summed E-state index contributed by atoms with van der Waals surface area (Å²) < 4.78 is 49.7. The highest BCUT2D eigenvalue weighted by Crippen LogP contribution is 2.30. The maximum absolute atomic E-state index is 12.4. The summed E-state index contributed by atoms with van der Waals surface area (Å²) in [6, 6.07) is 0. The number of carbonyl (C=O) groups is 1. The van der Waals surface area contributed by atoms with E-state index in [1.807, 2.05) is 0 Å². The number of halogens is 4. The van der Waals surface area contributed by atoms with Gasteiger partial charge in [0.2, 0.25) is 0 Å². The number of aryl methyl sites for hydroxylation is 1. The second kappa shape index (κ2) is 3.87. The quantitative estimate of drug-likeness (QED) is 0.802. The van der Waals surface area contributed by atoms with Crippen molar-refractivity contribution in [1.82, 2.24) is 9.78 Å². The Morgan fingerprint density at radius 3 is 2.20 bits per heavy atom. The lowest BCUT2D eigenvalue weighted by atomic mass is 10.2. The van der Waals surface area contributed by atoms with E-state index in [-0.39, 0.29) is 0 Å². The van der Waals surface area contributed by atoms with Crippen LogP contribution in [0.1, 0.15) is 34.6 Å². The molecule has 0 amide bonds. The topological polar surface area (TPSA) is 55.1 Å². The minimum absolute atomic E-state index is 0.454. The van der Waals surface area contributed by atoms with Crippen LogP contribution in [0.4, 0.5) is 17.6 Å². The minimum atomic E-state index is -3.20. The van der Waals surface area contributed by atoms with Crippen LogP contribution in [0.15, 0.2) is 0 Å². The van der Waals surface area contributed by atoms with Gasteiger partial charge >= 0.3 is 5.97 Å². The Balaban J connectivity index is 3.44. The van der Waals surface area contributed by atoms with Gasteiger partial charge in [-0.3, -0.25) is 4.68 Å². The van der Waals surface area contributed by atoms with Crippen molar-refractivity contribution in [3.05, 3.63) is 17.0 Å². The van der Waals surface area contributed by atoms with Gasteiger partial charge in [0.05, 0.1) is 0 Å². The third kappa shape index (κ3) is 1.92. The van der Waals surface area contributed by atoms with Crippen molar-refractivity contribution in [2.45, 2.75) is 12.9 Å². The van der Waals surface area contributed by atoms with Crippen molar-refractivity contribution in [2.24, 2.45) is 7.05 Å². The molecule has 0 saturated carbocycles. The molecule has 0 radical (unpaired) electrons. The molecule has 15 heavy (non-hydrogen) atoms. The molecular formula is C7H6F4N2O2. The molecule has 0 aromatic carbocycles. The van der Waals surface area contributed by atoms with Crippen LogP contribution in [-0.2, 0) is 7.05 Å². The summed E-state index contributed by atoms with van der Waals surface area (Å²) in [6.45, 7) is 0. The first-order valence-corrected chi connectivity index (χ1v) is 3.72. The van der Waals surface area contributed by atoms with Crippen LogP contribution in [0, 0.1) is 0 Å². The van der Waals surface area contributed by atoms with Gasteiger partial charge in [-0.2, -0.15) is 5.10 Å². The summed E-state index contributed by atoms with van der Waals surface area (Å²) in [7, 11) is 0.986. The summed E-state index contributed by atoms with van der Waals surface area (Å²) in [4.78, 5) is 10.5. The van der Waals surface area contributed by atoms with E-state index < -0.39 is 35.8 Å². The van der Waals surface area contributed by atoms with Gasteiger partial charge in [0.25, 0.3) is 12.9 Å². The molecule has 0 fully saturated rings. The van der Waals surface area contributed by atoms with Gasteiger partial charge in [-0.25, -0.2) is 22.4 Å². The molecule has 0 spiro atoms. The van der Waals surface area contributed by atoms with E-state index in [1.54, 1.807) is 0 Å². The smallest absolute Gasteiger partial charge is 0.339 e. The predicted molar refractivity (Wildman–Crippen MR) is 40.1 cm³/mol. The van der Waals surface area contributed by atoms with Crippen LogP contribution in [0.25, 0.3) is 0 Å². The molecule has 8 heteroatoms. The molecule has 0 saturated heterocycles. The Morgan fingerprint density at radius 1 is 1.33 bits per heavy atom. The Bertz CT molecular complexity index is 389. The molecule has 0 aliphatic carbocycles. The van der Waals surface area contributed by atoms with Crippen LogP contribution in [0.3, 0.4) is 0 Å². The normalized spacial score (nSPS) is 11.4. The van der Waals surface area contributed by atoms with Gasteiger partial charge in [0.15, 0.2) is 0 Å². The van der Waals surface area contributed by atoms with E-state index in [0.717, 1.165) is 7.05 Å². The molecule has 1 heterocycles. The first kappa shape index (κ1) is 11.5. The number of nitrogens with zero attached hydrogens (tertiary/aromatic N) is 2. The lowest BCUT2D eigenvalue weighted by Gasteiger charge is -2.01. The number of hydrogen-bond acceptors (Lipinski definition) is 2. The van der Waals surface area contributed by atoms with Crippen LogP contribution in [-0.4, -0.2) is 20.9 Å². The van der Waals surface area contributed by atoms with Crippen molar-refractivity contribution in [3.8, 4) is 0 Å². The molecule has 1 aromatic rings. The molecule has 1 N–H and O–H groups in total. The Kier molecular flexibility index (Phi) is 2.96. The SMILES string of the molecule is Cn1nc(C(F)F)c(C(=O)O)c1C(F)F. The Morgan fingerprint density at radius 2 is 1.87 bits per heavy atom. The summed E-state index contributed by atoms with van der Waals surface area (Å²) in [5.74, 6) is -1.84. The van der Waals surface area contributed by atoms with Gasteiger partial charge in [0, 0.05) is 7.05 Å². The summed E-state index contributed by atoms with van der Waals surface area (Å²) in [6.07, 6.45) is -6.36. The van der Waals surface area contributed by atoms with Gasteiger partial charge < -0.3 is 5.11 Å². The van der Waals surface area contributed by atoms with Crippen LogP contribution >= 0.6 is 0 Å². The molecule has 1 rings (SSSR count). The largest absolute Gasteiger partial charge is 0.478 e. The van der Waals surface area contributed by atoms with E-state index in [0.29, 0.717) is 4.68 Å². The standard InChI is InChI=1S/C7H6F4N2O2/c1-13-4(6(10)11)2(7(14)15)3(12-13)5(8)9/h5-6H,1H3,(H,14,15). The molecule has 0 aliphatic heterocycles. The Hall–Kier alpha value is -1.60. The van der Waals surface area contributed by atoms with E-state index in [2.05, 4.69) is 5.10 Å². The third-order valence-corrected chi connectivity index (χ3v) is 1.75. The number of carboxylic acid groups (broad SMARTS) is 1. The lowest BCUT2D eigenvalue weighted by molar-refractivity contribution is 0.0670. The molecular weight excluding hydrogens is 220 g/mol. The van der Waals surface area contributed by atoms with Crippen LogP contribution in [0.2, 0.25) is 0 Å². The second-order valence-electron chi connectivity index (χ2n) is 2.68. The van der Waals surface area contributed by atoms with E-state index >= 15 is 0 Å². The van der Waals surface area contributed by atoms with Crippen LogP contribution in [0.5, 0.6) is 0 Å². The van der Waals surface area contributed by atoms with Gasteiger partial charge in [-0.05, 0) is 0 Å². The third-order valence-electron chi connectivity index (χ3n) is 1.75. The van der Waals surface area contributed by atoms with Crippen molar-refractivity contribution < 1.29 is 27.5 Å². The first-order valence-electron chi connectivity index (χ1n) is 3.72. The predicted octanol–water partition coefficient (Wildman–Crippen LogP) is 1.99. The number of carboxylic acids is 1. The minimum Gasteiger partial charge on any atom is -0.478 e. The van der Waals surface area contributed by atoms with Crippen molar-refractivity contribution in [1.29, 1.82) is 0 Å². The first-order chi connectivity index (χ1) is 6.86. The molecule has 0 bridgehead atoms. The number of alkyl halides is 4. The van der Waals surface area contributed by atoms with Crippen molar-refractivity contribution in [3.63, 3.8) is 0 Å². The van der Waals surface area contributed by atoms with Gasteiger partial charge in [-0.1, -0.05) is 0 Å². The summed E-state index contributed by atoms with van der Waals surface area (Å²) in [5.41, 5.74) is -3.28. The van der Waals surface area contributed by atoms with Crippen LogP contribution < -0.4 is 0 Å². The molecule has 4 nitrogen and oxygen atoms in total. The Labute approximate surface area is 81.1 Å². The number of aromatic nitrogens is 2. The molecule has 1 aromatic heterocycles. The zero-order valence-electron chi connectivity index (χ0n) is 7.42. The fourth-order valence-corrected chi connectivity index (χ4v) is 1.18. The monoisotopic (exact) mass is 226 g/mol. The fraction of sp³-hybridized carbons (Fsp3) is 0.429. The molecule has 84 valence electrons. The average molecular weight is 226 g/mol. The van der Waals surface area contributed by atoms with Gasteiger partial charge in [-0.15, -0.1) is 0 Å². The summed E-state index contributed by atoms with van der Waals surface area (Å²) in [5, 5.41) is 11.6. The number of hydrogen-bond donors (Lipinski definition) is 1. The zero-order chi connectivity index (χ0) is 11.7. The molecule has 0 unspecified atom stereocenters. The molecule has 0 atom stereocenters. The van der Waals surface area contributed by atoms with Crippen molar-refractivity contribution >= 4 is 5.97 Å². The number of aromatic carboxylic acids is 1. The highest BCUT2D eigenvalue weighted by molar-refractivity contribution is 5.90. The van der Waals surface area contributed by atoms with Crippen molar-refractivity contribution in [2.75, 3.05) is 0 Å². The average Bonchev–Trinajstić information content (AvgIpc) is 2.42. The van der Waals surface area contributed by atoms with E-state index in [9.17, 15) is 22.4 Å². The lowest BCUT2D eigenvalue weighted by Crippen LogP contribution is -2.06. The zero-order valence-corrected chi connectivity index (χ0v) is 7.42. The maximum atomic E-state index is 12.4. The summed E-state index contributed by atoms with van der Waals surface area (Å²) >= 11 is 0. The van der Waals surface area contributed by atoms with Gasteiger partial charge in [0.1, 0.15) is 17.0 Å². The van der Waals surface area contributed by atoms with E-state index in [4.69, 9.17) is 5.11 Å². The maximum Gasteiger partial charge on any atom is 0.339 e.